The molecular formula is C16H17Cl2N5O. The summed E-state index contributed by atoms with van der Waals surface area (Å²) < 4.78 is 1.70. The number of halogens is 2. The van der Waals surface area contributed by atoms with Crippen LogP contribution in [0.1, 0.15) is 17.7 Å². The smallest absolute Gasteiger partial charge is 0.254 e. The molecular weight excluding hydrogens is 349 g/mol. The van der Waals surface area contributed by atoms with Gasteiger partial charge in [-0.25, -0.2) is 4.98 Å². The second-order valence-electron chi connectivity index (χ2n) is 5.47. The molecule has 0 amide bonds. The van der Waals surface area contributed by atoms with Crippen LogP contribution in [0, 0.1) is 6.92 Å². The number of aryl methyl sites for hydroxylation is 1. The fourth-order valence-electron chi connectivity index (χ4n) is 2.53. The zero-order chi connectivity index (χ0) is 17.1. The molecule has 0 aliphatic rings. The Morgan fingerprint density at radius 1 is 1.21 bits per heavy atom. The largest absolute Gasteiger partial charge is 0.396 e. The first-order valence-electron chi connectivity index (χ1n) is 7.55. The second kappa shape index (κ2) is 7.34. The van der Waals surface area contributed by atoms with Gasteiger partial charge in [0.25, 0.3) is 5.78 Å². The predicted molar refractivity (Wildman–Crippen MR) is 94.7 cm³/mol. The highest BCUT2D eigenvalue weighted by atomic mass is 35.5. The number of hydrogen-bond donors (Lipinski definition) is 1. The molecule has 0 fully saturated rings. The van der Waals surface area contributed by atoms with Crippen molar-refractivity contribution in [1.29, 1.82) is 0 Å². The maximum absolute atomic E-state index is 9.22. The number of aliphatic hydroxyl groups is 1. The van der Waals surface area contributed by atoms with E-state index in [4.69, 9.17) is 23.2 Å². The number of fused-ring (bicyclic) bond motifs is 1. The third-order valence-corrected chi connectivity index (χ3v) is 4.37. The Bertz CT molecular complexity index is 852. The fraction of sp³-hybridized carbons (Fsp3) is 0.312. The molecule has 0 aliphatic carbocycles. The molecule has 0 saturated carbocycles. The van der Waals surface area contributed by atoms with Gasteiger partial charge in [0, 0.05) is 31.5 Å². The van der Waals surface area contributed by atoms with Gasteiger partial charge in [0.1, 0.15) is 12.1 Å². The Labute approximate surface area is 149 Å². The van der Waals surface area contributed by atoms with Crippen LogP contribution in [-0.4, -0.2) is 37.8 Å². The first kappa shape index (κ1) is 17.0. The third-order valence-electron chi connectivity index (χ3n) is 3.63. The van der Waals surface area contributed by atoms with E-state index in [1.807, 2.05) is 25.1 Å². The molecule has 0 spiro atoms. The summed E-state index contributed by atoms with van der Waals surface area (Å²) in [5, 5.41) is 14.5. The molecule has 126 valence electrons. The Morgan fingerprint density at radius 2 is 2.04 bits per heavy atom. The number of aromatic nitrogens is 4. The minimum Gasteiger partial charge on any atom is -0.396 e. The number of anilines is 1. The normalized spacial score (nSPS) is 11.2. The van der Waals surface area contributed by atoms with Crippen LogP contribution in [0.4, 0.5) is 5.82 Å². The third kappa shape index (κ3) is 3.61. The summed E-state index contributed by atoms with van der Waals surface area (Å²) in [7, 11) is 0. The highest BCUT2D eigenvalue weighted by Crippen LogP contribution is 2.25. The molecule has 6 nitrogen and oxygen atoms in total. The monoisotopic (exact) mass is 365 g/mol. The molecule has 2 heterocycles. The fourth-order valence-corrected chi connectivity index (χ4v) is 2.85. The molecule has 0 saturated heterocycles. The van der Waals surface area contributed by atoms with Gasteiger partial charge in [0.15, 0.2) is 0 Å². The molecule has 2 aromatic heterocycles. The van der Waals surface area contributed by atoms with Crippen LogP contribution < -0.4 is 4.90 Å². The summed E-state index contributed by atoms with van der Waals surface area (Å²) in [4.78, 5) is 10.6. The van der Waals surface area contributed by atoms with Crippen molar-refractivity contribution < 1.29 is 5.11 Å². The van der Waals surface area contributed by atoms with Gasteiger partial charge in [-0.2, -0.15) is 14.6 Å². The molecule has 24 heavy (non-hydrogen) atoms. The number of benzene rings is 1. The van der Waals surface area contributed by atoms with E-state index < -0.39 is 0 Å². The predicted octanol–water partition coefficient (Wildman–Crippen LogP) is 3.13. The first-order chi connectivity index (χ1) is 11.6. The highest BCUT2D eigenvalue weighted by Gasteiger charge is 2.14. The van der Waals surface area contributed by atoms with Crippen molar-refractivity contribution in [3.63, 3.8) is 0 Å². The number of rotatable bonds is 6. The Balaban J connectivity index is 1.98. The Hall–Kier alpha value is -1.89. The summed E-state index contributed by atoms with van der Waals surface area (Å²) in [6.45, 7) is 3.30. The van der Waals surface area contributed by atoms with Crippen LogP contribution in [0.3, 0.4) is 0 Å². The van der Waals surface area contributed by atoms with E-state index in [9.17, 15) is 5.11 Å². The maximum Gasteiger partial charge on any atom is 0.254 e. The second-order valence-corrected chi connectivity index (χ2v) is 6.29. The molecule has 1 aromatic carbocycles. The molecule has 0 aliphatic heterocycles. The lowest BCUT2D eigenvalue weighted by atomic mass is 10.2. The van der Waals surface area contributed by atoms with Crippen molar-refractivity contribution in [2.45, 2.75) is 19.9 Å². The Morgan fingerprint density at radius 3 is 2.79 bits per heavy atom. The van der Waals surface area contributed by atoms with Gasteiger partial charge >= 0.3 is 0 Å². The summed E-state index contributed by atoms with van der Waals surface area (Å²) in [6.07, 6.45) is 2.12. The van der Waals surface area contributed by atoms with E-state index in [1.165, 1.54) is 6.33 Å². The Kier molecular flexibility index (Phi) is 5.18. The van der Waals surface area contributed by atoms with Crippen LogP contribution >= 0.6 is 23.2 Å². The van der Waals surface area contributed by atoms with E-state index in [2.05, 4.69) is 20.0 Å². The van der Waals surface area contributed by atoms with E-state index in [0.29, 0.717) is 35.3 Å². The van der Waals surface area contributed by atoms with Crippen LogP contribution in [-0.2, 0) is 6.54 Å². The zero-order valence-electron chi connectivity index (χ0n) is 13.2. The molecule has 0 atom stereocenters. The minimum atomic E-state index is 0.114. The van der Waals surface area contributed by atoms with Gasteiger partial charge in [0.2, 0.25) is 0 Å². The first-order valence-corrected chi connectivity index (χ1v) is 8.31. The van der Waals surface area contributed by atoms with E-state index in [1.54, 1.807) is 10.6 Å². The van der Waals surface area contributed by atoms with Crippen LogP contribution in [0.2, 0.25) is 10.0 Å². The average Bonchev–Trinajstić information content (AvgIpc) is 3.02. The maximum atomic E-state index is 9.22. The quantitative estimate of drug-likeness (QED) is 0.726. The molecule has 1 N–H and O–H groups in total. The van der Waals surface area contributed by atoms with Crippen molar-refractivity contribution in [3.05, 3.63) is 51.9 Å². The standard InChI is InChI=1S/C16H17Cl2N5O/c1-11-7-15(23-16(21-11)19-10-20-23)22(5-2-6-24)9-12-3-4-13(17)14(18)8-12/h3-4,7-8,10,24H,2,5-6,9H2,1H3. The van der Waals surface area contributed by atoms with Crippen LogP contribution in [0.25, 0.3) is 5.78 Å². The molecule has 3 aromatic rings. The van der Waals surface area contributed by atoms with Gasteiger partial charge in [-0.05, 0) is 31.0 Å². The van der Waals surface area contributed by atoms with Gasteiger partial charge in [0.05, 0.1) is 10.0 Å². The van der Waals surface area contributed by atoms with E-state index in [0.717, 1.165) is 17.1 Å². The summed E-state index contributed by atoms with van der Waals surface area (Å²) >= 11 is 12.1. The SMILES string of the molecule is Cc1cc(N(CCCO)Cc2ccc(Cl)c(Cl)c2)n2ncnc2n1. The summed E-state index contributed by atoms with van der Waals surface area (Å²) in [5.74, 6) is 1.42. The van der Waals surface area contributed by atoms with E-state index >= 15 is 0 Å². The van der Waals surface area contributed by atoms with Crippen LogP contribution in [0.15, 0.2) is 30.6 Å². The summed E-state index contributed by atoms with van der Waals surface area (Å²) in [6, 6.07) is 7.53. The minimum absolute atomic E-state index is 0.114. The number of nitrogens with zero attached hydrogens (tertiary/aromatic N) is 5. The lowest BCUT2D eigenvalue weighted by Crippen LogP contribution is -2.27. The van der Waals surface area contributed by atoms with Gasteiger partial charge in [-0.15, -0.1) is 0 Å². The number of aliphatic hydroxyl groups excluding tert-OH is 1. The molecule has 3 rings (SSSR count). The van der Waals surface area contributed by atoms with Crippen molar-refractivity contribution in [1.82, 2.24) is 19.6 Å². The van der Waals surface area contributed by atoms with Crippen molar-refractivity contribution in [3.8, 4) is 0 Å². The topological polar surface area (TPSA) is 66.5 Å². The lowest BCUT2D eigenvalue weighted by Gasteiger charge is -2.25. The van der Waals surface area contributed by atoms with Crippen molar-refractivity contribution in [2.75, 3.05) is 18.1 Å². The molecule has 8 heteroatoms. The van der Waals surface area contributed by atoms with E-state index in [-0.39, 0.29) is 6.61 Å². The zero-order valence-corrected chi connectivity index (χ0v) is 14.7. The average molecular weight is 366 g/mol. The van der Waals surface area contributed by atoms with Crippen molar-refractivity contribution >= 4 is 34.8 Å². The van der Waals surface area contributed by atoms with Crippen LogP contribution in [0.5, 0.6) is 0 Å². The van der Waals surface area contributed by atoms with Crippen molar-refractivity contribution in [2.24, 2.45) is 0 Å². The molecule has 0 radical (unpaired) electrons. The highest BCUT2D eigenvalue weighted by molar-refractivity contribution is 6.42. The lowest BCUT2D eigenvalue weighted by molar-refractivity contribution is 0.289. The van der Waals surface area contributed by atoms with Gasteiger partial charge in [-0.1, -0.05) is 29.3 Å². The number of hydrogen-bond acceptors (Lipinski definition) is 5. The molecule has 0 unspecified atom stereocenters. The van der Waals surface area contributed by atoms with Gasteiger partial charge in [-0.3, -0.25) is 0 Å². The van der Waals surface area contributed by atoms with Gasteiger partial charge < -0.3 is 10.0 Å². The molecule has 0 bridgehead atoms. The summed E-state index contributed by atoms with van der Waals surface area (Å²) in [5.41, 5.74) is 1.87.